The molecule has 1 spiro atoms. The van der Waals surface area contributed by atoms with E-state index in [1.54, 1.807) is 0 Å². The number of hydrogen-bond donors (Lipinski definition) is 0. The molecule has 0 saturated carbocycles. The van der Waals surface area contributed by atoms with Gasteiger partial charge in [0.25, 0.3) is 0 Å². The lowest BCUT2D eigenvalue weighted by Gasteiger charge is -2.31. The molecule has 12 rings (SSSR count). The van der Waals surface area contributed by atoms with E-state index < -0.39 is 0 Å². The highest BCUT2D eigenvalue weighted by Gasteiger charge is 2.52. The smallest absolute Gasteiger partial charge is 0.0731 e. The predicted octanol–water partition coefficient (Wildman–Crippen LogP) is 14.5. The summed E-state index contributed by atoms with van der Waals surface area (Å²) in [4.78, 5) is 6.81. The van der Waals surface area contributed by atoms with Gasteiger partial charge in [-0.25, -0.2) is 0 Å². The van der Waals surface area contributed by atoms with Crippen molar-refractivity contribution in [2.45, 2.75) is 5.41 Å². The summed E-state index contributed by atoms with van der Waals surface area (Å²) >= 11 is 0. The van der Waals surface area contributed by atoms with Gasteiger partial charge in [-0.15, -0.1) is 0 Å². The Balaban J connectivity index is 0.941. The molecule has 0 unspecified atom stereocenters. The van der Waals surface area contributed by atoms with Crippen molar-refractivity contribution in [3.8, 4) is 44.5 Å². The summed E-state index contributed by atoms with van der Waals surface area (Å²) in [5, 5.41) is 4.96. The van der Waals surface area contributed by atoms with E-state index in [-0.39, 0.29) is 5.41 Å². The Bertz CT molecular complexity index is 3170. The first-order chi connectivity index (χ1) is 28.8. The Labute approximate surface area is 338 Å². The van der Waals surface area contributed by atoms with E-state index in [1.165, 1.54) is 82.7 Å². The molecule has 0 radical (unpaired) electrons. The fraction of sp³-hybridized carbons (Fsp3) is 0.0179. The van der Waals surface area contributed by atoms with Gasteiger partial charge in [0, 0.05) is 17.3 Å². The van der Waals surface area contributed by atoms with Gasteiger partial charge in [0.1, 0.15) is 0 Å². The van der Waals surface area contributed by atoms with Crippen molar-refractivity contribution in [2.24, 2.45) is 0 Å². The van der Waals surface area contributed by atoms with Gasteiger partial charge in [-0.1, -0.05) is 170 Å². The summed E-state index contributed by atoms with van der Waals surface area (Å²) in [6, 6.07) is 75.9. The van der Waals surface area contributed by atoms with Gasteiger partial charge in [-0.3, -0.25) is 4.98 Å². The Kier molecular flexibility index (Phi) is 7.18. The molecule has 0 aliphatic heterocycles. The van der Waals surface area contributed by atoms with Gasteiger partial charge in [-0.05, 0) is 119 Å². The summed E-state index contributed by atoms with van der Waals surface area (Å²) in [5.41, 5.74) is 18.4. The molecule has 270 valence electrons. The van der Waals surface area contributed by atoms with Gasteiger partial charge in [0.2, 0.25) is 0 Å². The van der Waals surface area contributed by atoms with Crippen molar-refractivity contribution in [3.05, 3.63) is 241 Å². The van der Waals surface area contributed by atoms with Crippen molar-refractivity contribution >= 4 is 38.6 Å². The first-order valence-corrected chi connectivity index (χ1v) is 20.0. The van der Waals surface area contributed by atoms with Crippen molar-refractivity contribution in [3.63, 3.8) is 0 Å². The number of fused-ring (bicyclic) bond motifs is 13. The maximum Gasteiger partial charge on any atom is 0.0731 e. The normalized spacial score (nSPS) is 13.0. The highest BCUT2D eigenvalue weighted by molar-refractivity contribution is 6.05. The Hall–Kier alpha value is -7.55. The number of rotatable bonds is 5. The van der Waals surface area contributed by atoms with Crippen LogP contribution in [-0.4, -0.2) is 4.98 Å². The molecule has 0 amide bonds. The average molecular weight is 737 g/mol. The molecule has 1 aromatic heterocycles. The quantitative estimate of drug-likeness (QED) is 0.175. The zero-order valence-electron chi connectivity index (χ0n) is 31.7. The first-order valence-electron chi connectivity index (χ1n) is 20.0. The molecule has 0 N–H and O–H groups in total. The number of nitrogens with zero attached hydrogens (tertiary/aromatic N) is 2. The first kappa shape index (κ1) is 32.7. The standard InChI is InChI=1S/C56H36N2/c1-2-17-45-39(12-1)13-10-24-54(45)58(44-16-11-33-57-36-44)43-15-9-14-40(35-43)37-25-27-38(28-26-37)41-29-31-46-42(34-41)30-32-50-49-20-5-8-23-53(49)56(55(46)50)51-21-6-3-18-47(51)48-19-4-7-22-52(48)56/h1-36H. The number of benzene rings is 9. The molecule has 0 bridgehead atoms. The number of anilines is 3. The molecular formula is C56H36N2. The zero-order chi connectivity index (χ0) is 38.2. The molecular weight excluding hydrogens is 701 g/mol. The molecule has 10 aromatic rings. The van der Waals surface area contributed by atoms with E-state index in [2.05, 4.69) is 210 Å². The van der Waals surface area contributed by atoms with Crippen molar-refractivity contribution in [2.75, 3.05) is 4.90 Å². The van der Waals surface area contributed by atoms with E-state index in [0.717, 1.165) is 22.6 Å². The molecule has 2 nitrogen and oxygen atoms in total. The summed E-state index contributed by atoms with van der Waals surface area (Å²) in [5.74, 6) is 0. The van der Waals surface area contributed by atoms with Crippen LogP contribution in [0.15, 0.2) is 219 Å². The van der Waals surface area contributed by atoms with E-state index in [4.69, 9.17) is 0 Å². The minimum atomic E-state index is -0.365. The summed E-state index contributed by atoms with van der Waals surface area (Å²) in [6.07, 6.45) is 3.76. The SMILES string of the molecule is c1cncc(N(c2cccc(-c3ccc(-c4ccc5c6c(ccc5c4)-c4ccccc4C64c5ccccc5-c5ccccc54)cc3)c2)c2cccc3ccccc23)c1. The third-order valence-electron chi connectivity index (χ3n) is 12.5. The summed E-state index contributed by atoms with van der Waals surface area (Å²) in [7, 11) is 0. The molecule has 2 heteroatoms. The largest absolute Gasteiger partial charge is 0.308 e. The Morgan fingerprint density at radius 3 is 1.66 bits per heavy atom. The lowest BCUT2D eigenvalue weighted by Crippen LogP contribution is -2.26. The van der Waals surface area contributed by atoms with Gasteiger partial charge >= 0.3 is 0 Å². The van der Waals surface area contributed by atoms with Crippen LogP contribution < -0.4 is 4.90 Å². The van der Waals surface area contributed by atoms with Gasteiger partial charge in [-0.2, -0.15) is 0 Å². The number of hydrogen-bond acceptors (Lipinski definition) is 2. The van der Waals surface area contributed by atoms with E-state index in [0.29, 0.717) is 0 Å². The minimum Gasteiger partial charge on any atom is -0.308 e. The molecule has 58 heavy (non-hydrogen) atoms. The third kappa shape index (κ3) is 4.69. The average Bonchev–Trinajstić information content (AvgIpc) is 3.77. The van der Waals surface area contributed by atoms with Crippen LogP contribution in [0.5, 0.6) is 0 Å². The van der Waals surface area contributed by atoms with Crippen molar-refractivity contribution in [1.82, 2.24) is 4.98 Å². The fourth-order valence-corrected chi connectivity index (χ4v) is 10.1. The molecule has 2 aliphatic carbocycles. The van der Waals surface area contributed by atoms with Crippen molar-refractivity contribution in [1.29, 1.82) is 0 Å². The maximum absolute atomic E-state index is 4.50. The monoisotopic (exact) mass is 736 g/mol. The van der Waals surface area contributed by atoms with Gasteiger partial charge < -0.3 is 4.90 Å². The topological polar surface area (TPSA) is 16.1 Å². The molecule has 0 atom stereocenters. The van der Waals surface area contributed by atoms with Gasteiger partial charge in [0.15, 0.2) is 0 Å². The summed E-state index contributed by atoms with van der Waals surface area (Å²) < 4.78 is 0. The highest BCUT2D eigenvalue weighted by atomic mass is 15.1. The fourth-order valence-electron chi connectivity index (χ4n) is 10.1. The van der Waals surface area contributed by atoms with Crippen LogP contribution in [0, 0.1) is 0 Å². The second-order valence-electron chi connectivity index (χ2n) is 15.5. The Morgan fingerprint density at radius 1 is 0.362 bits per heavy atom. The van der Waals surface area contributed by atoms with Crippen LogP contribution in [0.25, 0.3) is 66.1 Å². The van der Waals surface area contributed by atoms with Crippen LogP contribution >= 0.6 is 0 Å². The van der Waals surface area contributed by atoms with Gasteiger partial charge in [0.05, 0.1) is 23.0 Å². The minimum absolute atomic E-state index is 0.365. The van der Waals surface area contributed by atoms with Crippen LogP contribution in [0.3, 0.4) is 0 Å². The Morgan fingerprint density at radius 2 is 0.948 bits per heavy atom. The number of pyridine rings is 1. The van der Waals surface area contributed by atoms with Crippen molar-refractivity contribution < 1.29 is 0 Å². The van der Waals surface area contributed by atoms with Crippen LogP contribution in [0.2, 0.25) is 0 Å². The molecule has 1 heterocycles. The van der Waals surface area contributed by atoms with E-state index >= 15 is 0 Å². The zero-order valence-corrected chi connectivity index (χ0v) is 31.7. The molecule has 2 aliphatic rings. The van der Waals surface area contributed by atoms with Crippen LogP contribution in [0.4, 0.5) is 17.1 Å². The second-order valence-corrected chi connectivity index (χ2v) is 15.5. The maximum atomic E-state index is 4.50. The second kappa shape index (κ2) is 12.7. The molecule has 0 fully saturated rings. The van der Waals surface area contributed by atoms with Crippen LogP contribution in [-0.2, 0) is 5.41 Å². The lowest BCUT2D eigenvalue weighted by atomic mass is 9.69. The third-order valence-corrected chi connectivity index (χ3v) is 12.5. The lowest BCUT2D eigenvalue weighted by molar-refractivity contribution is 0.801. The number of aromatic nitrogens is 1. The van der Waals surface area contributed by atoms with E-state index in [9.17, 15) is 0 Å². The molecule has 9 aromatic carbocycles. The van der Waals surface area contributed by atoms with Crippen LogP contribution in [0.1, 0.15) is 22.3 Å². The summed E-state index contributed by atoms with van der Waals surface area (Å²) in [6.45, 7) is 0. The van der Waals surface area contributed by atoms with E-state index in [1.807, 2.05) is 18.5 Å². The molecule has 0 saturated heterocycles. The highest BCUT2D eigenvalue weighted by Crippen LogP contribution is 2.64. The predicted molar refractivity (Wildman–Crippen MR) is 241 cm³/mol.